The van der Waals surface area contributed by atoms with E-state index in [1.54, 1.807) is 30.6 Å². The van der Waals surface area contributed by atoms with Crippen LogP contribution in [0.15, 0.2) is 36.7 Å². The van der Waals surface area contributed by atoms with Gasteiger partial charge in [-0.25, -0.2) is 14.8 Å². The van der Waals surface area contributed by atoms with Crippen LogP contribution in [0, 0.1) is 5.92 Å². The highest BCUT2D eigenvalue weighted by Gasteiger charge is 2.13. The van der Waals surface area contributed by atoms with E-state index >= 15 is 0 Å². The van der Waals surface area contributed by atoms with Gasteiger partial charge in [0.15, 0.2) is 11.6 Å². The molecule has 2 aromatic rings. The van der Waals surface area contributed by atoms with Crippen molar-refractivity contribution in [1.82, 2.24) is 19.8 Å². The second-order valence-electron chi connectivity index (χ2n) is 8.70. The van der Waals surface area contributed by atoms with Crippen molar-refractivity contribution in [2.24, 2.45) is 5.92 Å². The third-order valence-corrected chi connectivity index (χ3v) is 5.20. The fourth-order valence-electron chi connectivity index (χ4n) is 3.17. The average Bonchev–Trinajstić information content (AvgIpc) is 2.82. The number of benzene rings is 1. The second-order valence-corrected chi connectivity index (χ2v) is 8.70. The number of aliphatic hydroxyl groups is 1. The molecule has 0 amide bonds. The van der Waals surface area contributed by atoms with Crippen LogP contribution in [0.1, 0.15) is 36.5 Å². The highest BCUT2D eigenvalue weighted by molar-refractivity contribution is 5.90. The molecule has 0 radical (unpaired) electrons. The van der Waals surface area contributed by atoms with Gasteiger partial charge in [0.1, 0.15) is 0 Å². The van der Waals surface area contributed by atoms with Crippen molar-refractivity contribution >= 4 is 5.97 Å². The summed E-state index contributed by atoms with van der Waals surface area (Å²) in [6, 6.07) is 7.17. The Kier molecular flexibility index (Phi) is 11.8. The first-order valence-corrected chi connectivity index (χ1v) is 11.6. The van der Waals surface area contributed by atoms with Crippen molar-refractivity contribution in [3.8, 4) is 17.1 Å². The molecule has 1 atom stereocenters. The number of carbonyl (C=O) groups is 1. The number of carbonyl (C=O) groups excluding carboxylic acids is 1. The molecule has 1 N–H and O–H groups in total. The summed E-state index contributed by atoms with van der Waals surface area (Å²) in [6.07, 6.45) is 5.93. The maximum Gasteiger partial charge on any atom is 0.338 e. The Bertz CT molecular complexity index is 829. The number of nitrogens with zero attached hydrogens (tertiary/aromatic N) is 4. The molecule has 0 aliphatic heterocycles. The van der Waals surface area contributed by atoms with Crippen molar-refractivity contribution < 1.29 is 19.4 Å². The smallest absolute Gasteiger partial charge is 0.338 e. The molecule has 1 aromatic carbocycles. The molecule has 1 heterocycles. The van der Waals surface area contributed by atoms with E-state index in [-0.39, 0.29) is 18.5 Å². The van der Waals surface area contributed by atoms with E-state index < -0.39 is 0 Å². The largest absolute Gasteiger partial charge is 0.490 e. The highest BCUT2D eigenvalue weighted by atomic mass is 16.5. The molecule has 0 saturated heterocycles. The summed E-state index contributed by atoms with van der Waals surface area (Å²) < 4.78 is 11.2. The van der Waals surface area contributed by atoms with Crippen LogP contribution in [0.4, 0.5) is 0 Å². The van der Waals surface area contributed by atoms with Crippen molar-refractivity contribution in [2.45, 2.75) is 26.2 Å². The highest BCUT2D eigenvalue weighted by Crippen LogP contribution is 2.19. The van der Waals surface area contributed by atoms with E-state index in [0.717, 1.165) is 44.5 Å². The average molecular weight is 459 g/mol. The van der Waals surface area contributed by atoms with Gasteiger partial charge >= 0.3 is 5.97 Å². The van der Waals surface area contributed by atoms with Crippen molar-refractivity contribution in [3.05, 3.63) is 42.2 Å². The number of ether oxygens (including phenoxy) is 2. The minimum absolute atomic E-state index is 0.205. The van der Waals surface area contributed by atoms with Crippen LogP contribution >= 0.6 is 0 Å². The minimum atomic E-state index is -0.349. The minimum Gasteiger partial charge on any atom is -0.490 e. The molecule has 0 spiro atoms. The fraction of sp³-hybridized carbons (Fsp3) is 0.560. The summed E-state index contributed by atoms with van der Waals surface area (Å²) in [5.41, 5.74) is 1.23. The predicted molar refractivity (Wildman–Crippen MR) is 129 cm³/mol. The molecule has 0 saturated carbocycles. The van der Waals surface area contributed by atoms with E-state index in [2.05, 4.69) is 26.7 Å². The lowest BCUT2D eigenvalue weighted by Crippen LogP contribution is -2.24. The monoisotopic (exact) mass is 458 g/mol. The van der Waals surface area contributed by atoms with Gasteiger partial charge in [0.25, 0.3) is 0 Å². The molecule has 0 bridgehead atoms. The molecule has 0 fully saturated rings. The molecule has 0 unspecified atom stereocenters. The van der Waals surface area contributed by atoms with Gasteiger partial charge in [0.2, 0.25) is 0 Å². The van der Waals surface area contributed by atoms with Gasteiger partial charge in [0, 0.05) is 25.3 Å². The van der Waals surface area contributed by atoms with Gasteiger partial charge in [-0.15, -0.1) is 0 Å². The Hall–Kier alpha value is -2.55. The molecular weight excluding hydrogens is 420 g/mol. The summed E-state index contributed by atoms with van der Waals surface area (Å²) in [5, 5.41) is 8.91. The first-order valence-electron chi connectivity index (χ1n) is 11.6. The van der Waals surface area contributed by atoms with Crippen molar-refractivity contribution in [1.29, 1.82) is 0 Å². The third kappa shape index (κ3) is 10.3. The molecular formula is C25H38N4O4. The zero-order valence-electron chi connectivity index (χ0n) is 20.4. The lowest BCUT2D eigenvalue weighted by Gasteiger charge is -2.19. The molecule has 1 aromatic heterocycles. The Morgan fingerprint density at radius 2 is 1.85 bits per heavy atom. The van der Waals surface area contributed by atoms with Crippen LogP contribution in [-0.2, 0) is 4.74 Å². The molecule has 8 heteroatoms. The Labute approximate surface area is 197 Å². The topological polar surface area (TPSA) is 88.0 Å². The number of aromatic nitrogens is 2. The van der Waals surface area contributed by atoms with E-state index in [4.69, 9.17) is 14.6 Å². The van der Waals surface area contributed by atoms with Crippen LogP contribution < -0.4 is 4.74 Å². The number of rotatable bonds is 15. The molecule has 0 aliphatic rings. The molecule has 0 aliphatic carbocycles. The van der Waals surface area contributed by atoms with Gasteiger partial charge < -0.3 is 24.4 Å². The first kappa shape index (κ1) is 26.7. The summed E-state index contributed by atoms with van der Waals surface area (Å²) in [4.78, 5) is 25.6. The quantitative estimate of drug-likeness (QED) is 0.322. The Morgan fingerprint density at radius 3 is 2.55 bits per heavy atom. The van der Waals surface area contributed by atoms with Crippen molar-refractivity contribution in [3.63, 3.8) is 0 Å². The SMILES string of the molecule is C[C@@H](CCN(C)CCCO)COC(=O)c1cccc(-c2ncc(OCCCN(C)C)cn2)c1. The first-order chi connectivity index (χ1) is 15.9. The van der Waals surface area contributed by atoms with Gasteiger partial charge in [-0.3, -0.25) is 0 Å². The second kappa shape index (κ2) is 14.6. The predicted octanol–water partition coefficient (Wildman–Crippen LogP) is 2.97. The van der Waals surface area contributed by atoms with E-state index in [1.165, 1.54) is 0 Å². The van der Waals surface area contributed by atoms with Crippen molar-refractivity contribution in [2.75, 3.05) is 60.6 Å². The standard InChI is InChI=1S/C25H38N4O4/c1-20(10-13-29(4)12-6-14-30)19-33-25(31)22-9-5-8-21(16-22)24-26-17-23(18-27-24)32-15-7-11-28(2)3/h5,8-9,16-18,20,30H,6-7,10-15,19H2,1-4H3/t20-/m0/s1. The molecule has 8 nitrogen and oxygen atoms in total. The maximum atomic E-state index is 12.5. The number of hydrogen-bond acceptors (Lipinski definition) is 8. The zero-order valence-corrected chi connectivity index (χ0v) is 20.4. The van der Waals surface area contributed by atoms with Gasteiger partial charge in [0.05, 0.1) is 31.2 Å². The Balaban J connectivity index is 1.83. The lowest BCUT2D eigenvalue weighted by atomic mass is 10.1. The summed E-state index contributed by atoms with van der Waals surface area (Å²) >= 11 is 0. The van der Waals surface area contributed by atoms with Crippen LogP contribution in [0.3, 0.4) is 0 Å². The number of esters is 1. The fourth-order valence-corrected chi connectivity index (χ4v) is 3.17. The van der Waals surface area contributed by atoms with E-state index in [1.807, 2.05) is 27.2 Å². The van der Waals surface area contributed by atoms with Crippen LogP contribution in [-0.4, -0.2) is 91.4 Å². The Morgan fingerprint density at radius 1 is 1.09 bits per heavy atom. The molecule has 2 rings (SSSR count). The van der Waals surface area contributed by atoms with Crippen LogP contribution in [0.25, 0.3) is 11.4 Å². The molecule has 33 heavy (non-hydrogen) atoms. The normalized spacial score (nSPS) is 12.2. The maximum absolute atomic E-state index is 12.5. The third-order valence-electron chi connectivity index (χ3n) is 5.20. The van der Waals surface area contributed by atoms with Gasteiger partial charge in [-0.1, -0.05) is 19.1 Å². The summed E-state index contributed by atoms with van der Waals surface area (Å²) in [7, 11) is 6.10. The molecule has 182 valence electrons. The van der Waals surface area contributed by atoms with Gasteiger partial charge in [-0.2, -0.15) is 0 Å². The number of aliphatic hydroxyl groups excluding tert-OH is 1. The van der Waals surface area contributed by atoms with Crippen LogP contribution in [0.2, 0.25) is 0 Å². The van der Waals surface area contributed by atoms with Gasteiger partial charge in [-0.05, 0) is 65.0 Å². The zero-order chi connectivity index (χ0) is 24.1. The number of hydrogen-bond donors (Lipinski definition) is 1. The summed E-state index contributed by atoms with van der Waals surface area (Å²) in [6.45, 7) is 5.98. The lowest BCUT2D eigenvalue weighted by molar-refractivity contribution is 0.0438. The summed E-state index contributed by atoms with van der Waals surface area (Å²) in [5.74, 6) is 1.06. The van der Waals surface area contributed by atoms with E-state index in [9.17, 15) is 4.79 Å². The van der Waals surface area contributed by atoms with E-state index in [0.29, 0.717) is 30.4 Å². The van der Waals surface area contributed by atoms with Crippen LogP contribution in [0.5, 0.6) is 5.75 Å².